The van der Waals surface area contributed by atoms with E-state index in [-0.39, 0.29) is 23.3 Å². The van der Waals surface area contributed by atoms with Crippen LogP contribution in [0.1, 0.15) is 13.3 Å². The Hall–Kier alpha value is -2.47. The topological polar surface area (TPSA) is 82.1 Å². The molecule has 2 aliphatic rings. The molecule has 2 fully saturated rings. The fraction of sp³-hybridized carbons (Fsp3) is 0.474. The number of amides is 1. The first-order valence-corrected chi connectivity index (χ1v) is 10.9. The van der Waals surface area contributed by atoms with Crippen molar-refractivity contribution < 1.29 is 30.8 Å². The molecule has 0 radical (unpaired) electrons. The Morgan fingerprint density at radius 1 is 1.35 bits per heavy atom. The molecule has 1 saturated carbocycles. The number of piperidine rings is 1. The Bertz CT molecular complexity index is 994. The normalized spacial score (nSPS) is 25.0. The number of sulfonamides is 1. The van der Waals surface area contributed by atoms with Crippen LogP contribution in [0, 0.1) is 17.7 Å². The predicted molar refractivity (Wildman–Crippen MR) is 105 cm³/mol. The summed E-state index contributed by atoms with van der Waals surface area (Å²) < 4.78 is 79.9. The Morgan fingerprint density at radius 3 is 2.52 bits per heavy atom. The van der Waals surface area contributed by atoms with Gasteiger partial charge in [0.15, 0.2) is 0 Å². The van der Waals surface area contributed by atoms with Crippen molar-refractivity contribution in [3.8, 4) is 0 Å². The van der Waals surface area contributed by atoms with Gasteiger partial charge in [0.1, 0.15) is 11.9 Å². The van der Waals surface area contributed by atoms with Gasteiger partial charge in [0, 0.05) is 19.8 Å². The summed E-state index contributed by atoms with van der Waals surface area (Å²) in [5.41, 5.74) is 0. The summed E-state index contributed by atoms with van der Waals surface area (Å²) in [6, 6.07) is 3.19. The zero-order valence-electron chi connectivity index (χ0n) is 16.8. The largest absolute Gasteiger partial charge is 0.449 e. The van der Waals surface area contributed by atoms with Crippen molar-refractivity contribution in [3.63, 3.8) is 0 Å². The van der Waals surface area contributed by atoms with Gasteiger partial charge < -0.3 is 10.2 Å². The number of nitrogens with zero attached hydrogens (tertiary/aromatic N) is 3. The number of amidine groups is 1. The summed E-state index contributed by atoms with van der Waals surface area (Å²) in [7, 11) is -2.97. The average molecular weight is 462 g/mol. The average Bonchev–Trinajstić information content (AvgIpc) is 3.34. The highest BCUT2D eigenvalue weighted by Crippen LogP contribution is 2.51. The molecule has 1 aromatic rings. The van der Waals surface area contributed by atoms with Gasteiger partial charge in [-0.3, -0.25) is 4.79 Å². The second-order valence-electron chi connectivity index (χ2n) is 7.56. The summed E-state index contributed by atoms with van der Waals surface area (Å²) >= 11 is 0. The van der Waals surface area contributed by atoms with Crippen LogP contribution >= 0.6 is 0 Å². The van der Waals surface area contributed by atoms with E-state index >= 15 is 0 Å². The third-order valence-corrected chi connectivity index (χ3v) is 7.39. The fourth-order valence-electron chi connectivity index (χ4n) is 3.76. The lowest BCUT2D eigenvalue weighted by Crippen LogP contribution is -2.56. The SMILES string of the molecule is C=CN=C(N(C)C(C)NC(=O)C1C2CC2CN1S(=O)(=O)c1ccc(F)cc1)C(F)(F)F. The van der Waals surface area contributed by atoms with Crippen LogP contribution in [0.3, 0.4) is 0 Å². The number of hydrogen-bond donors (Lipinski definition) is 1. The maximum atomic E-state index is 13.2. The Kier molecular flexibility index (Phi) is 6.16. The molecule has 0 spiro atoms. The molecule has 170 valence electrons. The van der Waals surface area contributed by atoms with E-state index in [0.29, 0.717) is 6.42 Å². The number of benzene rings is 1. The van der Waals surface area contributed by atoms with Crippen LogP contribution in [0.5, 0.6) is 0 Å². The summed E-state index contributed by atoms with van der Waals surface area (Å²) in [5, 5.41) is 2.46. The standard InChI is InChI=1S/C19H22F4N4O3S/c1-4-24-18(19(21,22)23)26(3)11(2)25-17(28)16-15-9-12(15)10-27(16)31(29,30)14-7-5-13(20)6-8-14/h4-8,11-12,15-16H,1,9-10H2,2-3H3,(H,25,28). The minimum atomic E-state index is -4.77. The van der Waals surface area contributed by atoms with Crippen LogP contribution in [-0.4, -0.2) is 61.3 Å². The first-order valence-electron chi connectivity index (χ1n) is 9.44. The highest BCUT2D eigenvalue weighted by Gasteiger charge is 2.59. The number of carbonyl (C=O) groups is 1. The number of alkyl halides is 3. The van der Waals surface area contributed by atoms with Crippen molar-refractivity contribution in [3.05, 3.63) is 42.9 Å². The van der Waals surface area contributed by atoms with E-state index in [0.717, 1.165) is 46.7 Å². The Morgan fingerprint density at radius 2 is 1.97 bits per heavy atom. The number of rotatable bonds is 6. The van der Waals surface area contributed by atoms with E-state index in [9.17, 15) is 30.8 Å². The van der Waals surface area contributed by atoms with Gasteiger partial charge in [-0.1, -0.05) is 6.58 Å². The van der Waals surface area contributed by atoms with Crippen molar-refractivity contribution in [1.29, 1.82) is 0 Å². The van der Waals surface area contributed by atoms with E-state index < -0.39 is 46.0 Å². The lowest BCUT2D eigenvalue weighted by atomic mass is 10.2. The van der Waals surface area contributed by atoms with Crippen LogP contribution in [-0.2, 0) is 14.8 Å². The minimum Gasteiger partial charge on any atom is -0.336 e. The van der Waals surface area contributed by atoms with Crippen molar-refractivity contribution in [2.45, 2.75) is 36.6 Å². The molecular weight excluding hydrogens is 440 g/mol. The molecule has 12 heteroatoms. The zero-order chi connectivity index (χ0) is 23.1. The second-order valence-corrected chi connectivity index (χ2v) is 9.45. The molecule has 1 amide bonds. The summed E-state index contributed by atoms with van der Waals surface area (Å²) in [6.07, 6.45) is -4.49. The van der Waals surface area contributed by atoms with Crippen LogP contribution < -0.4 is 5.32 Å². The highest BCUT2D eigenvalue weighted by molar-refractivity contribution is 7.89. The first kappa shape index (κ1) is 23.2. The molecule has 4 atom stereocenters. The maximum Gasteiger partial charge on any atom is 0.449 e. The number of hydrogen-bond acceptors (Lipinski definition) is 4. The molecule has 0 bridgehead atoms. The van der Waals surface area contributed by atoms with Gasteiger partial charge in [0.2, 0.25) is 21.8 Å². The van der Waals surface area contributed by atoms with Crippen LogP contribution in [0.15, 0.2) is 46.9 Å². The lowest BCUT2D eigenvalue weighted by molar-refractivity contribution is -0.126. The van der Waals surface area contributed by atoms with Gasteiger partial charge in [-0.05, 0) is 49.4 Å². The molecule has 1 aliphatic heterocycles. The fourth-order valence-corrected chi connectivity index (χ4v) is 5.45. The molecular formula is C19H22F4N4O3S. The molecule has 4 unspecified atom stereocenters. The van der Waals surface area contributed by atoms with E-state index in [4.69, 9.17) is 0 Å². The highest BCUT2D eigenvalue weighted by atomic mass is 32.2. The van der Waals surface area contributed by atoms with E-state index in [2.05, 4.69) is 16.9 Å². The molecule has 1 N–H and O–H groups in total. The van der Waals surface area contributed by atoms with Gasteiger partial charge in [0.25, 0.3) is 0 Å². The van der Waals surface area contributed by atoms with Gasteiger partial charge in [0.05, 0.1) is 11.1 Å². The number of nitrogens with one attached hydrogen (secondary N) is 1. The Balaban J connectivity index is 1.79. The Labute approximate surface area is 177 Å². The molecule has 3 rings (SSSR count). The number of carbonyl (C=O) groups excluding carboxylic acids is 1. The van der Waals surface area contributed by atoms with Gasteiger partial charge in [-0.15, -0.1) is 0 Å². The number of fused-ring (bicyclic) bond motifs is 1. The maximum absolute atomic E-state index is 13.2. The van der Waals surface area contributed by atoms with Gasteiger partial charge in [-0.25, -0.2) is 17.8 Å². The molecule has 31 heavy (non-hydrogen) atoms. The van der Waals surface area contributed by atoms with E-state index in [1.807, 2.05) is 0 Å². The van der Waals surface area contributed by atoms with Crippen LogP contribution in [0.25, 0.3) is 0 Å². The molecule has 0 aromatic heterocycles. The summed E-state index contributed by atoms with van der Waals surface area (Å²) in [4.78, 5) is 16.7. The zero-order valence-corrected chi connectivity index (χ0v) is 17.6. The first-order chi connectivity index (χ1) is 14.4. The molecule has 1 aliphatic carbocycles. The van der Waals surface area contributed by atoms with Gasteiger partial charge in [-0.2, -0.15) is 17.5 Å². The van der Waals surface area contributed by atoms with Gasteiger partial charge >= 0.3 is 6.18 Å². The smallest absolute Gasteiger partial charge is 0.336 e. The lowest BCUT2D eigenvalue weighted by Gasteiger charge is -2.32. The third-order valence-electron chi connectivity index (χ3n) is 5.53. The molecule has 1 aromatic carbocycles. The quantitative estimate of drug-likeness (QED) is 0.305. The van der Waals surface area contributed by atoms with Crippen molar-refractivity contribution >= 4 is 21.8 Å². The van der Waals surface area contributed by atoms with E-state index in [1.165, 1.54) is 6.92 Å². The predicted octanol–water partition coefficient (Wildman–Crippen LogP) is 2.33. The van der Waals surface area contributed by atoms with Crippen molar-refractivity contribution in [1.82, 2.24) is 14.5 Å². The second kappa shape index (κ2) is 8.23. The minimum absolute atomic E-state index is 0.00655. The summed E-state index contributed by atoms with van der Waals surface area (Å²) in [5.74, 6) is -2.75. The number of halogens is 4. The molecule has 1 saturated heterocycles. The third kappa shape index (κ3) is 4.59. The summed E-state index contributed by atoms with van der Waals surface area (Å²) in [6.45, 7) is 4.63. The van der Waals surface area contributed by atoms with Crippen LogP contribution in [0.4, 0.5) is 17.6 Å². The monoisotopic (exact) mass is 462 g/mol. The van der Waals surface area contributed by atoms with Crippen molar-refractivity contribution in [2.75, 3.05) is 13.6 Å². The van der Waals surface area contributed by atoms with E-state index in [1.54, 1.807) is 0 Å². The van der Waals surface area contributed by atoms with Crippen molar-refractivity contribution in [2.24, 2.45) is 16.8 Å². The molecule has 1 heterocycles. The molecule has 7 nitrogen and oxygen atoms in total. The number of aliphatic imine (C=N–C) groups is 1. The van der Waals surface area contributed by atoms with Crippen LogP contribution in [0.2, 0.25) is 0 Å².